The number of halogens is 1. The van der Waals surface area contributed by atoms with Crippen molar-refractivity contribution in [1.29, 1.82) is 0 Å². The van der Waals surface area contributed by atoms with Crippen molar-refractivity contribution in [3.63, 3.8) is 0 Å². The number of aromatic nitrogens is 3. The summed E-state index contributed by atoms with van der Waals surface area (Å²) in [6.07, 6.45) is 7.69. The molecule has 0 saturated heterocycles. The molecule has 1 aromatic carbocycles. The Labute approximate surface area is 104 Å². The predicted molar refractivity (Wildman–Crippen MR) is 69.2 cm³/mol. The molecular formula is C13H12ClN3. The fraction of sp³-hybridized carbons (Fsp3) is 0.154. The van der Waals surface area contributed by atoms with Gasteiger partial charge in [-0.25, -0.2) is 4.98 Å². The quantitative estimate of drug-likeness (QED) is 0.695. The van der Waals surface area contributed by atoms with E-state index >= 15 is 0 Å². The van der Waals surface area contributed by atoms with E-state index in [1.807, 2.05) is 30.7 Å². The first-order valence-corrected chi connectivity index (χ1v) is 5.91. The summed E-state index contributed by atoms with van der Waals surface area (Å²) in [6, 6.07) is 8.08. The van der Waals surface area contributed by atoms with Crippen molar-refractivity contribution in [3.8, 4) is 0 Å². The van der Waals surface area contributed by atoms with Crippen LogP contribution in [0.15, 0.2) is 49.2 Å². The molecule has 3 nitrogen and oxygen atoms in total. The van der Waals surface area contributed by atoms with Crippen molar-refractivity contribution < 1.29 is 0 Å². The Bertz CT molecular complexity index is 625. The lowest BCUT2D eigenvalue weighted by Gasteiger charge is -2.06. The van der Waals surface area contributed by atoms with Crippen molar-refractivity contribution in [2.75, 3.05) is 0 Å². The number of nitrogens with zero attached hydrogens (tertiary/aromatic N) is 3. The Morgan fingerprint density at radius 3 is 2.88 bits per heavy atom. The SMILES string of the molecule is Clc1ccc2ccn(CCn3ccnc3)c2c1. The van der Waals surface area contributed by atoms with E-state index in [1.54, 1.807) is 6.20 Å². The van der Waals surface area contributed by atoms with Crippen molar-refractivity contribution in [2.45, 2.75) is 13.1 Å². The van der Waals surface area contributed by atoms with E-state index in [-0.39, 0.29) is 0 Å². The highest BCUT2D eigenvalue weighted by Gasteiger charge is 2.01. The number of imidazole rings is 1. The Balaban J connectivity index is 1.87. The zero-order valence-electron chi connectivity index (χ0n) is 9.25. The summed E-state index contributed by atoms with van der Waals surface area (Å²) >= 11 is 6.02. The molecule has 17 heavy (non-hydrogen) atoms. The third-order valence-corrected chi connectivity index (χ3v) is 3.13. The van der Waals surface area contributed by atoms with E-state index in [0.717, 1.165) is 18.1 Å². The second kappa shape index (κ2) is 4.26. The molecule has 86 valence electrons. The van der Waals surface area contributed by atoms with Crippen LogP contribution in [0.2, 0.25) is 5.02 Å². The Kier molecular flexibility index (Phi) is 2.61. The number of hydrogen-bond acceptors (Lipinski definition) is 1. The van der Waals surface area contributed by atoms with Crippen molar-refractivity contribution in [2.24, 2.45) is 0 Å². The van der Waals surface area contributed by atoms with Crippen LogP contribution in [0.4, 0.5) is 0 Å². The summed E-state index contributed by atoms with van der Waals surface area (Å²) in [6.45, 7) is 1.83. The van der Waals surface area contributed by atoms with Gasteiger partial charge in [-0.3, -0.25) is 0 Å². The van der Waals surface area contributed by atoms with Crippen LogP contribution >= 0.6 is 11.6 Å². The fourth-order valence-electron chi connectivity index (χ4n) is 1.99. The van der Waals surface area contributed by atoms with Crippen LogP contribution < -0.4 is 0 Å². The molecule has 2 aromatic heterocycles. The van der Waals surface area contributed by atoms with Gasteiger partial charge >= 0.3 is 0 Å². The first-order chi connectivity index (χ1) is 8.33. The predicted octanol–water partition coefficient (Wildman–Crippen LogP) is 3.19. The molecule has 0 atom stereocenters. The van der Waals surface area contributed by atoms with Crippen LogP contribution in [-0.4, -0.2) is 14.1 Å². The molecule has 0 unspecified atom stereocenters. The van der Waals surface area contributed by atoms with Crippen LogP contribution in [0.3, 0.4) is 0 Å². The van der Waals surface area contributed by atoms with Gasteiger partial charge in [0.05, 0.1) is 6.33 Å². The summed E-state index contributed by atoms with van der Waals surface area (Å²) in [5.74, 6) is 0. The molecule has 0 aliphatic heterocycles. The van der Waals surface area contributed by atoms with Crippen molar-refractivity contribution in [3.05, 3.63) is 54.2 Å². The maximum Gasteiger partial charge on any atom is 0.0946 e. The maximum atomic E-state index is 6.02. The number of aryl methyl sites for hydroxylation is 2. The van der Waals surface area contributed by atoms with Gasteiger partial charge in [0.2, 0.25) is 0 Å². The van der Waals surface area contributed by atoms with Gasteiger partial charge in [0, 0.05) is 42.2 Å². The summed E-state index contributed by atoms with van der Waals surface area (Å²) in [5.41, 5.74) is 1.18. The fourth-order valence-corrected chi connectivity index (χ4v) is 2.16. The number of hydrogen-bond donors (Lipinski definition) is 0. The molecule has 0 radical (unpaired) electrons. The molecule has 0 N–H and O–H groups in total. The minimum atomic E-state index is 0.778. The molecule has 0 aliphatic carbocycles. The van der Waals surface area contributed by atoms with Gasteiger partial charge in [0.25, 0.3) is 0 Å². The Morgan fingerprint density at radius 1 is 1.12 bits per heavy atom. The molecular weight excluding hydrogens is 234 g/mol. The van der Waals surface area contributed by atoms with Gasteiger partial charge in [0.15, 0.2) is 0 Å². The molecule has 0 amide bonds. The summed E-state index contributed by atoms with van der Waals surface area (Å²) < 4.78 is 4.28. The molecule has 3 aromatic rings. The highest BCUT2D eigenvalue weighted by molar-refractivity contribution is 6.31. The third kappa shape index (κ3) is 2.06. The van der Waals surface area contributed by atoms with Gasteiger partial charge < -0.3 is 9.13 Å². The van der Waals surface area contributed by atoms with E-state index < -0.39 is 0 Å². The average molecular weight is 246 g/mol. The van der Waals surface area contributed by atoms with Crippen LogP contribution in [0.1, 0.15) is 0 Å². The first kappa shape index (κ1) is 10.4. The zero-order chi connectivity index (χ0) is 11.7. The topological polar surface area (TPSA) is 22.8 Å². The van der Waals surface area contributed by atoms with E-state index in [9.17, 15) is 0 Å². The minimum absolute atomic E-state index is 0.778. The average Bonchev–Trinajstić information content (AvgIpc) is 2.94. The largest absolute Gasteiger partial charge is 0.346 e. The first-order valence-electron chi connectivity index (χ1n) is 5.53. The second-order valence-corrected chi connectivity index (χ2v) is 4.45. The molecule has 3 rings (SSSR count). The number of fused-ring (bicyclic) bond motifs is 1. The second-order valence-electron chi connectivity index (χ2n) is 4.01. The van der Waals surface area contributed by atoms with Crippen LogP contribution in [0.5, 0.6) is 0 Å². The van der Waals surface area contributed by atoms with Crippen LogP contribution in [0, 0.1) is 0 Å². The van der Waals surface area contributed by atoms with Gasteiger partial charge in [0.1, 0.15) is 0 Å². The molecule has 0 saturated carbocycles. The van der Waals surface area contributed by atoms with Crippen LogP contribution in [0.25, 0.3) is 10.9 Å². The lowest BCUT2D eigenvalue weighted by Crippen LogP contribution is -2.04. The minimum Gasteiger partial charge on any atom is -0.346 e. The molecule has 0 aliphatic rings. The Hall–Kier alpha value is -1.74. The molecule has 2 heterocycles. The third-order valence-electron chi connectivity index (χ3n) is 2.89. The Morgan fingerprint density at radius 2 is 2.06 bits per heavy atom. The lowest BCUT2D eigenvalue weighted by atomic mass is 10.2. The van der Waals surface area contributed by atoms with Gasteiger partial charge in [-0.15, -0.1) is 0 Å². The standard InChI is InChI=1S/C13H12ClN3/c14-12-2-1-11-3-5-17(13(11)9-12)8-7-16-6-4-15-10-16/h1-6,9-10H,7-8H2. The monoisotopic (exact) mass is 245 g/mol. The highest BCUT2D eigenvalue weighted by atomic mass is 35.5. The van der Waals surface area contributed by atoms with Crippen molar-refractivity contribution >= 4 is 22.5 Å². The van der Waals surface area contributed by atoms with E-state index in [4.69, 9.17) is 11.6 Å². The van der Waals surface area contributed by atoms with E-state index in [0.29, 0.717) is 0 Å². The van der Waals surface area contributed by atoms with Gasteiger partial charge in [-0.2, -0.15) is 0 Å². The molecule has 0 spiro atoms. The smallest absolute Gasteiger partial charge is 0.0946 e. The van der Waals surface area contributed by atoms with E-state index in [1.165, 1.54) is 10.9 Å². The maximum absolute atomic E-state index is 6.02. The molecule has 4 heteroatoms. The summed E-state index contributed by atoms with van der Waals surface area (Å²) in [4.78, 5) is 4.03. The van der Waals surface area contributed by atoms with Crippen molar-refractivity contribution in [1.82, 2.24) is 14.1 Å². The van der Waals surface area contributed by atoms with Crippen LogP contribution in [-0.2, 0) is 13.1 Å². The zero-order valence-corrected chi connectivity index (χ0v) is 10.0. The van der Waals surface area contributed by atoms with Gasteiger partial charge in [-0.05, 0) is 23.6 Å². The lowest BCUT2D eigenvalue weighted by molar-refractivity contribution is 0.592. The van der Waals surface area contributed by atoms with Gasteiger partial charge in [-0.1, -0.05) is 17.7 Å². The molecule has 0 fully saturated rings. The molecule has 0 bridgehead atoms. The highest BCUT2D eigenvalue weighted by Crippen LogP contribution is 2.20. The summed E-state index contributed by atoms with van der Waals surface area (Å²) in [7, 11) is 0. The van der Waals surface area contributed by atoms with E-state index in [2.05, 4.69) is 26.4 Å². The normalized spacial score (nSPS) is 11.1. The number of rotatable bonds is 3. The number of benzene rings is 1. The summed E-state index contributed by atoms with van der Waals surface area (Å²) in [5, 5.41) is 2.00.